The average Bonchev–Trinajstić information content (AvgIpc) is 2.97. The summed E-state index contributed by atoms with van der Waals surface area (Å²) in [5.74, 6) is 0.126. The van der Waals surface area contributed by atoms with Crippen LogP contribution in [0.4, 0.5) is 0 Å². The van der Waals surface area contributed by atoms with Crippen molar-refractivity contribution in [3.8, 4) is 0 Å². The van der Waals surface area contributed by atoms with E-state index in [-0.39, 0.29) is 30.8 Å². The molecule has 0 bridgehead atoms. The first-order chi connectivity index (χ1) is 18.5. The molecule has 1 heterocycles. The number of rotatable bonds is 8. The molecule has 0 amide bonds. The van der Waals surface area contributed by atoms with Gasteiger partial charge in [0.2, 0.25) is 0 Å². The van der Waals surface area contributed by atoms with E-state index in [9.17, 15) is 5.11 Å². The highest BCUT2D eigenvalue weighted by atomic mass is 16.7. The molecule has 4 aromatic carbocycles. The van der Waals surface area contributed by atoms with Crippen LogP contribution in [-0.4, -0.2) is 29.7 Å². The number of nitrogens with zero attached hydrogens (tertiary/aromatic N) is 1. The third kappa shape index (κ3) is 5.68. The van der Waals surface area contributed by atoms with Gasteiger partial charge in [-0.2, -0.15) is 0 Å². The Bertz CT molecular complexity index is 1340. The van der Waals surface area contributed by atoms with Crippen LogP contribution in [0.1, 0.15) is 60.1 Å². The predicted octanol–water partition coefficient (Wildman–Crippen LogP) is 6.28. The summed E-state index contributed by atoms with van der Waals surface area (Å²) in [4.78, 5) is 2.37. The second-order valence-corrected chi connectivity index (χ2v) is 10.5. The van der Waals surface area contributed by atoms with Gasteiger partial charge in [0.25, 0.3) is 0 Å². The number of fused-ring (bicyclic) bond motifs is 1. The quantitative estimate of drug-likeness (QED) is 0.292. The van der Waals surface area contributed by atoms with E-state index in [0.29, 0.717) is 6.54 Å². The van der Waals surface area contributed by atoms with Crippen molar-refractivity contribution in [2.75, 3.05) is 13.6 Å². The van der Waals surface area contributed by atoms with Gasteiger partial charge in [-0.1, -0.05) is 91.9 Å². The van der Waals surface area contributed by atoms with Gasteiger partial charge in [0.15, 0.2) is 6.29 Å². The lowest BCUT2D eigenvalue weighted by Gasteiger charge is -2.43. The van der Waals surface area contributed by atoms with Gasteiger partial charge in [-0.25, -0.2) is 0 Å². The third-order valence-corrected chi connectivity index (χ3v) is 8.00. The molecule has 1 aliphatic heterocycles. The van der Waals surface area contributed by atoms with Gasteiger partial charge < -0.3 is 20.3 Å². The second-order valence-electron chi connectivity index (χ2n) is 10.5. The van der Waals surface area contributed by atoms with Crippen molar-refractivity contribution >= 4 is 10.8 Å². The van der Waals surface area contributed by atoms with Crippen molar-refractivity contribution < 1.29 is 14.6 Å². The van der Waals surface area contributed by atoms with Gasteiger partial charge in [-0.15, -0.1) is 0 Å². The van der Waals surface area contributed by atoms with Gasteiger partial charge in [-0.05, 0) is 53.1 Å². The third-order valence-electron chi connectivity index (χ3n) is 8.00. The number of aliphatic hydroxyl groups excluding tert-OH is 1. The van der Waals surface area contributed by atoms with Crippen molar-refractivity contribution in [3.05, 3.63) is 119 Å². The molecule has 1 saturated heterocycles. The Kier molecular flexibility index (Phi) is 8.22. The van der Waals surface area contributed by atoms with Crippen molar-refractivity contribution in [1.82, 2.24) is 4.90 Å². The van der Waals surface area contributed by atoms with Crippen LogP contribution in [-0.2, 0) is 22.6 Å². The zero-order chi connectivity index (χ0) is 26.6. The Morgan fingerprint density at radius 1 is 0.842 bits per heavy atom. The Morgan fingerprint density at radius 2 is 1.50 bits per heavy atom. The van der Waals surface area contributed by atoms with Gasteiger partial charge in [0, 0.05) is 30.6 Å². The van der Waals surface area contributed by atoms with Gasteiger partial charge in [0.1, 0.15) is 0 Å². The summed E-state index contributed by atoms with van der Waals surface area (Å²) in [5.41, 5.74) is 11.2. The minimum absolute atomic E-state index is 0.0284. The molecule has 5 atom stereocenters. The Balaban J connectivity index is 1.39. The Labute approximate surface area is 225 Å². The molecule has 0 aliphatic carbocycles. The molecule has 1 fully saturated rings. The molecule has 4 aromatic rings. The highest BCUT2D eigenvalue weighted by Crippen LogP contribution is 2.42. The summed E-state index contributed by atoms with van der Waals surface area (Å²) in [6, 6.07) is 31.7. The topological polar surface area (TPSA) is 68.0 Å². The van der Waals surface area contributed by atoms with Crippen LogP contribution < -0.4 is 5.73 Å². The average molecular weight is 511 g/mol. The van der Waals surface area contributed by atoms with Crippen molar-refractivity contribution in [1.29, 1.82) is 0 Å². The van der Waals surface area contributed by atoms with E-state index in [1.165, 1.54) is 16.3 Å². The lowest BCUT2D eigenvalue weighted by atomic mass is 9.89. The largest absolute Gasteiger partial charge is 0.392 e. The van der Waals surface area contributed by atoms with Crippen LogP contribution >= 0.6 is 0 Å². The number of benzene rings is 4. The van der Waals surface area contributed by atoms with Crippen LogP contribution in [0.5, 0.6) is 0 Å². The molecule has 198 valence electrons. The number of hydrogen-bond acceptors (Lipinski definition) is 5. The highest BCUT2D eigenvalue weighted by Gasteiger charge is 2.39. The van der Waals surface area contributed by atoms with E-state index in [1.54, 1.807) is 0 Å². The van der Waals surface area contributed by atoms with Crippen molar-refractivity contribution in [2.24, 2.45) is 11.7 Å². The van der Waals surface area contributed by atoms with Gasteiger partial charge >= 0.3 is 0 Å². The van der Waals surface area contributed by atoms with Crippen molar-refractivity contribution in [2.45, 2.75) is 51.5 Å². The molecule has 3 N–H and O–H groups in total. The smallest absolute Gasteiger partial charge is 0.184 e. The van der Waals surface area contributed by atoms with E-state index >= 15 is 0 Å². The zero-order valence-electron chi connectivity index (χ0n) is 22.5. The van der Waals surface area contributed by atoms with Crippen LogP contribution in [0.25, 0.3) is 10.8 Å². The fourth-order valence-electron chi connectivity index (χ4n) is 5.30. The summed E-state index contributed by atoms with van der Waals surface area (Å²) in [5, 5.41) is 12.0. The van der Waals surface area contributed by atoms with Crippen LogP contribution in [0.15, 0.2) is 91.0 Å². The number of ether oxygens (including phenoxy) is 2. The molecule has 0 saturated carbocycles. The molecule has 1 aliphatic rings. The molecule has 5 unspecified atom stereocenters. The highest BCUT2D eigenvalue weighted by molar-refractivity contribution is 5.83. The summed E-state index contributed by atoms with van der Waals surface area (Å²) >= 11 is 0. The van der Waals surface area contributed by atoms with Crippen LogP contribution in [0, 0.1) is 5.92 Å². The monoisotopic (exact) mass is 510 g/mol. The Morgan fingerprint density at radius 3 is 2.18 bits per heavy atom. The zero-order valence-corrected chi connectivity index (χ0v) is 22.5. The standard InChI is InChI=1S/C33H38N2O3/c1-22-31(20-35(3)23(2)29-17-16-26-6-4-5-7-30(26)18-29)37-33(28-14-8-24(19-34)9-15-28)38-32(22)27-12-10-25(21-36)11-13-27/h4-18,22-23,31-33,36H,19-21,34H2,1-3H3. The molecular weight excluding hydrogens is 472 g/mol. The predicted molar refractivity (Wildman–Crippen MR) is 152 cm³/mol. The molecule has 5 nitrogen and oxygen atoms in total. The molecule has 5 rings (SSSR count). The molecule has 0 aromatic heterocycles. The fraction of sp³-hybridized carbons (Fsp3) is 0.333. The molecular formula is C33H38N2O3. The lowest BCUT2D eigenvalue weighted by molar-refractivity contribution is -0.276. The SMILES string of the molecule is CC1C(CN(C)C(C)c2ccc3ccccc3c2)OC(c2ccc(CN)cc2)OC1c1ccc(CO)cc1. The van der Waals surface area contributed by atoms with Crippen LogP contribution in [0.2, 0.25) is 0 Å². The lowest BCUT2D eigenvalue weighted by Crippen LogP contribution is -2.44. The molecule has 0 radical (unpaired) electrons. The summed E-state index contributed by atoms with van der Waals surface area (Å²) in [6.45, 7) is 5.76. The Hall–Kier alpha value is -3.06. The summed E-state index contributed by atoms with van der Waals surface area (Å²) in [6.07, 6.45) is -0.654. The molecule has 38 heavy (non-hydrogen) atoms. The number of aliphatic hydroxyl groups is 1. The maximum atomic E-state index is 9.50. The first kappa shape index (κ1) is 26.5. The van der Waals surface area contributed by atoms with E-state index in [4.69, 9.17) is 15.2 Å². The van der Waals surface area contributed by atoms with E-state index in [0.717, 1.165) is 28.8 Å². The minimum atomic E-state index is -0.477. The number of likely N-dealkylation sites (N-methyl/N-ethyl adjacent to an activating group) is 1. The minimum Gasteiger partial charge on any atom is -0.392 e. The molecule has 5 heteroatoms. The van der Waals surface area contributed by atoms with Gasteiger partial charge in [-0.3, -0.25) is 4.90 Å². The van der Waals surface area contributed by atoms with E-state index < -0.39 is 6.29 Å². The summed E-state index contributed by atoms with van der Waals surface area (Å²) < 4.78 is 13.2. The first-order valence-corrected chi connectivity index (χ1v) is 13.4. The van der Waals surface area contributed by atoms with E-state index in [1.807, 2.05) is 36.4 Å². The normalized spacial score (nSPS) is 22.6. The summed E-state index contributed by atoms with van der Waals surface area (Å²) in [7, 11) is 2.17. The van der Waals surface area contributed by atoms with Gasteiger partial charge in [0.05, 0.1) is 18.8 Å². The van der Waals surface area contributed by atoms with Crippen LogP contribution in [0.3, 0.4) is 0 Å². The molecule has 0 spiro atoms. The second kappa shape index (κ2) is 11.8. The fourth-order valence-corrected chi connectivity index (χ4v) is 5.30. The van der Waals surface area contributed by atoms with Crippen molar-refractivity contribution in [3.63, 3.8) is 0 Å². The first-order valence-electron chi connectivity index (χ1n) is 13.4. The van der Waals surface area contributed by atoms with E-state index in [2.05, 4.69) is 80.4 Å². The maximum absolute atomic E-state index is 9.50. The number of hydrogen-bond donors (Lipinski definition) is 2. The number of nitrogens with two attached hydrogens (primary N) is 1. The maximum Gasteiger partial charge on any atom is 0.184 e.